The highest BCUT2D eigenvalue weighted by atomic mass is 32.2. The average molecular weight is 490 g/mol. The molecule has 2 N–H and O–H groups in total. The molecule has 1 aliphatic heterocycles. The number of rotatable bonds is 6. The number of benzene rings is 1. The van der Waals surface area contributed by atoms with Crippen LogP contribution in [0.4, 0.5) is 24.0 Å². The lowest BCUT2D eigenvalue weighted by atomic mass is 9.99. The highest BCUT2D eigenvalue weighted by Gasteiger charge is 2.43. The fourth-order valence-corrected chi connectivity index (χ4v) is 5.76. The van der Waals surface area contributed by atoms with Gasteiger partial charge >= 0.3 is 6.18 Å². The number of hydrogen-bond acceptors (Lipinski definition) is 7. The maximum atomic E-state index is 13.6. The summed E-state index contributed by atoms with van der Waals surface area (Å²) in [6, 6.07) is 5.92. The zero-order valence-electron chi connectivity index (χ0n) is 18.9. The third-order valence-corrected chi connectivity index (χ3v) is 7.91. The highest BCUT2D eigenvalue weighted by molar-refractivity contribution is 7.98. The first kappa shape index (κ1) is 25.1. The number of halogens is 3. The molecular weight excluding hydrogens is 459 g/mol. The number of anilines is 2. The standard InChI is InChI=1S/C22H30F3N3O2S2/c1-13(2)16-11-27(15-7-6-14(12-29)17(10-15)31-5)8-9-28(16)20-26-18(22(23,24)25)19(32-20)21(3,4)30/h6-7,10,13,16,29-30H,8-9,11-12H2,1-5H3. The predicted molar refractivity (Wildman–Crippen MR) is 125 cm³/mol. The van der Waals surface area contributed by atoms with Crippen LogP contribution < -0.4 is 9.80 Å². The van der Waals surface area contributed by atoms with Gasteiger partial charge in [0.15, 0.2) is 10.8 Å². The minimum atomic E-state index is -4.62. The molecule has 2 heterocycles. The molecule has 1 aromatic carbocycles. The van der Waals surface area contributed by atoms with Crippen molar-refractivity contribution in [2.45, 2.75) is 57.0 Å². The summed E-state index contributed by atoms with van der Waals surface area (Å²) in [6.45, 7) is 8.60. The molecule has 0 aliphatic carbocycles. The van der Waals surface area contributed by atoms with E-state index >= 15 is 0 Å². The van der Waals surface area contributed by atoms with Crippen LogP contribution in [-0.2, 0) is 18.4 Å². The third-order valence-electron chi connectivity index (χ3n) is 5.68. The van der Waals surface area contributed by atoms with Gasteiger partial charge in [-0.15, -0.1) is 11.8 Å². The summed E-state index contributed by atoms with van der Waals surface area (Å²) in [7, 11) is 0. The van der Waals surface area contributed by atoms with Crippen molar-refractivity contribution in [2.24, 2.45) is 5.92 Å². The summed E-state index contributed by atoms with van der Waals surface area (Å²) < 4.78 is 40.9. The number of piperazine rings is 1. The zero-order valence-corrected chi connectivity index (χ0v) is 20.5. The number of thiazole rings is 1. The Bertz CT molecular complexity index is 910. The van der Waals surface area contributed by atoms with Gasteiger partial charge < -0.3 is 20.0 Å². The molecule has 178 valence electrons. The van der Waals surface area contributed by atoms with E-state index in [1.807, 2.05) is 23.3 Å². The van der Waals surface area contributed by atoms with E-state index in [1.54, 1.807) is 11.8 Å². The summed E-state index contributed by atoms with van der Waals surface area (Å²) in [5, 5.41) is 20.2. The number of alkyl halides is 3. The van der Waals surface area contributed by atoms with E-state index in [0.717, 1.165) is 27.5 Å². The van der Waals surface area contributed by atoms with Gasteiger partial charge in [0.1, 0.15) is 0 Å². The Kier molecular flexibility index (Phi) is 7.39. The summed E-state index contributed by atoms with van der Waals surface area (Å²) in [6.07, 6.45) is -2.66. The van der Waals surface area contributed by atoms with Gasteiger partial charge in [0.05, 0.1) is 23.1 Å². The van der Waals surface area contributed by atoms with Crippen LogP contribution in [-0.4, -0.2) is 47.1 Å². The van der Waals surface area contributed by atoms with Crippen LogP contribution in [0.5, 0.6) is 0 Å². The van der Waals surface area contributed by atoms with Crippen molar-refractivity contribution in [2.75, 3.05) is 35.7 Å². The summed E-state index contributed by atoms with van der Waals surface area (Å²) in [4.78, 5) is 9.00. The Morgan fingerprint density at radius 3 is 2.44 bits per heavy atom. The van der Waals surface area contributed by atoms with E-state index in [0.29, 0.717) is 24.8 Å². The largest absolute Gasteiger partial charge is 0.434 e. The van der Waals surface area contributed by atoms with Gasteiger partial charge in [-0.05, 0) is 43.7 Å². The van der Waals surface area contributed by atoms with Crippen LogP contribution in [0.15, 0.2) is 23.1 Å². The van der Waals surface area contributed by atoms with Gasteiger partial charge in [-0.3, -0.25) is 0 Å². The second kappa shape index (κ2) is 9.40. The Morgan fingerprint density at radius 1 is 1.25 bits per heavy atom. The molecule has 3 rings (SSSR count). The van der Waals surface area contributed by atoms with Crippen molar-refractivity contribution in [3.05, 3.63) is 34.3 Å². The first-order valence-corrected chi connectivity index (χ1v) is 12.5. The molecule has 1 fully saturated rings. The first-order valence-electron chi connectivity index (χ1n) is 10.5. The lowest BCUT2D eigenvalue weighted by Crippen LogP contribution is -2.55. The summed E-state index contributed by atoms with van der Waals surface area (Å²) >= 11 is 2.50. The normalized spacial score (nSPS) is 18.0. The van der Waals surface area contributed by atoms with Crippen LogP contribution in [0.1, 0.15) is 43.8 Å². The van der Waals surface area contributed by atoms with Crippen LogP contribution in [0.2, 0.25) is 0 Å². The molecule has 32 heavy (non-hydrogen) atoms. The van der Waals surface area contributed by atoms with Crippen LogP contribution in [0, 0.1) is 5.92 Å². The van der Waals surface area contributed by atoms with E-state index in [9.17, 15) is 23.4 Å². The molecular formula is C22H30F3N3O2S2. The van der Waals surface area contributed by atoms with Crippen molar-refractivity contribution in [1.82, 2.24) is 4.98 Å². The van der Waals surface area contributed by atoms with E-state index in [-0.39, 0.29) is 23.4 Å². The number of thioether (sulfide) groups is 1. The molecule has 1 saturated heterocycles. The molecule has 0 radical (unpaired) electrons. The molecule has 1 aromatic heterocycles. The van der Waals surface area contributed by atoms with Crippen molar-refractivity contribution in [3.63, 3.8) is 0 Å². The van der Waals surface area contributed by atoms with Crippen molar-refractivity contribution in [3.8, 4) is 0 Å². The van der Waals surface area contributed by atoms with Crippen molar-refractivity contribution in [1.29, 1.82) is 0 Å². The molecule has 10 heteroatoms. The van der Waals surface area contributed by atoms with Crippen molar-refractivity contribution < 1.29 is 23.4 Å². The first-order chi connectivity index (χ1) is 14.9. The van der Waals surface area contributed by atoms with Gasteiger partial charge in [-0.25, -0.2) is 4.98 Å². The molecule has 5 nitrogen and oxygen atoms in total. The molecule has 1 atom stereocenters. The van der Waals surface area contributed by atoms with E-state index in [1.165, 1.54) is 13.8 Å². The Hall–Kier alpha value is -1.49. The lowest BCUT2D eigenvalue weighted by Gasteiger charge is -2.44. The molecule has 1 unspecified atom stereocenters. The quantitative estimate of drug-likeness (QED) is 0.560. The smallest absolute Gasteiger partial charge is 0.392 e. The molecule has 0 spiro atoms. The van der Waals surface area contributed by atoms with Crippen LogP contribution >= 0.6 is 23.1 Å². The predicted octanol–water partition coefficient (Wildman–Crippen LogP) is 4.95. The SMILES string of the molecule is CSc1cc(N2CCN(c3nc(C(F)(F)F)c(C(C)(C)O)s3)C(C(C)C)C2)ccc1CO. The average Bonchev–Trinajstić information content (AvgIpc) is 3.19. The van der Waals surface area contributed by atoms with Crippen LogP contribution in [0.3, 0.4) is 0 Å². The third kappa shape index (κ3) is 5.18. The number of aliphatic hydroxyl groups is 2. The monoisotopic (exact) mass is 489 g/mol. The molecule has 0 amide bonds. The van der Waals surface area contributed by atoms with Gasteiger partial charge in [-0.1, -0.05) is 31.3 Å². The zero-order chi connectivity index (χ0) is 23.8. The summed E-state index contributed by atoms with van der Waals surface area (Å²) in [5.74, 6) is 0.179. The topological polar surface area (TPSA) is 59.8 Å². The van der Waals surface area contributed by atoms with Gasteiger partial charge in [-0.2, -0.15) is 13.2 Å². The molecule has 1 aliphatic rings. The second-order valence-corrected chi connectivity index (χ2v) is 10.7. The molecule has 2 aromatic rings. The fourth-order valence-electron chi connectivity index (χ4n) is 3.95. The highest BCUT2D eigenvalue weighted by Crippen LogP contribution is 2.43. The number of nitrogens with zero attached hydrogens (tertiary/aromatic N) is 3. The minimum Gasteiger partial charge on any atom is -0.392 e. The number of aromatic nitrogens is 1. The second-order valence-electron chi connectivity index (χ2n) is 8.84. The van der Waals surface area contributed by atoms with Crippen LogP contribution in [0.25, 0.3) is 0 Å². The Labute approximate surface area is 195 Å². The van der Waals surface area contributed by atoms with Gasteiger partial charge in [0.25, 0.3) is 0 Å². The molecule has 0 bridgehead atoms. The van der Waals surface area contributed by atoms with E-state index in [2.05, 4.69) is 29.8 Å². The van der Waals surface area contributed by atoms with Crippen molar-refractivity contribution >= 4 is 33.9 Å². The minimum absolute atomic E-state index is 0.0199. The maximum Gasteiger partial charge on any atom is 0.434 e. The fraction of sp³-hybridized carbons (Fsp3) is 0.591. The lowest BCUT2D eigenvalue weighted by molar-refractivity contribution is -0.143. The maximum absolute atomic E-state index is 13.6. The number of hydrogen-bond donors (Lipinski definition) is 2. The number of aliphatic hydroxyl groups excluding tert-OH is 1. The van der Waals surface area contributed by atoms with Gasteiger partial charge in [0.2, 0.25) is 0 Å². The Morgan fingerprint density at radius 2 is 1.94 bits per heavy atom. The van der Waals surface area contributed by atoms with Gasteiger partial charge in [0, 0.05) is 30.2 Å². The Balaban J connectivity index is 1.92. The summed E-state index contributed by atoms with van der Waals surface area (Å²) in [5.41, 5.74) is -0.719. The van der Waals surface area contributed by atoms with E-state index < -0.39 is 17.5 Å². The van der Waals surface area contributed by atoms with E-state index in [4.69, 9.17) is 0 Å². The molecule has 0 saturated carbocycles.